The maximum Gasteiger partial charge on any atom is 0.256 e. The lowest BCUT2D eigenvalue weighted by Gasteiger charge is -2.46. The first-order valence-corrected chi connectivity index (χ1v) is 9.83. The zero-order valence-corrected chi connectivity index (χ0v) is 15.5. The number of likely N-dealkylation sites (tertiary alicyclic amines) is 1. The summed E-state index contributed by atoms with van der Waals surface area (Å²) in [6, 6.07) is 18.2. The molecule has 3 aliphatic rings. The molecule has 0 bridgehead atoms. The van der Waals surface area contributed by atoms with Gasteiger partial charge in [0, 0.05) is 48.2 Å². The number of hydrogen-bond donors (Lipinski definition) is 2. The van der Waals surface area contributed by atoms with Gasteiger partial charge in [0.2, 0.25) is 0 Å². The van der Waals surface area contributed by atoms with Gasteiger partial charge in [-0.05, 0) is 47.6 Å². The fourth-order valence-corrected chi connectivity index (χ4v) is 5.36. The Hall–Kier alpha value is -2.43. The predicted octanol–water partition coefficient (Wildman–Crippen LogP) is 3.05. The van der Waals surface area contributed by atoms with Crippen LogP contribution in [0.5, 0.6) is 0 Å². The molecule has 3 fully saturated rings. The van der Waals surface area contributed by atoms with Crippen molar-refractivity contribution in [2.75, 3.05) is 13.1 Å². The molecule has 3 atom stereocenters. The molecule has 0 radical (unpaired) electrons. The molecule has 3 heterocycles. The molecule has 2 aromatic carbocycles. The van der Waals surface area contributed by atoms with Crippen LogP contribution in [0.1, 0.15) is 17.5 Å². The molecule has 4 heteroatoms. The van der Waals surface area contributed by atoms with E-state index in [0.717, 1.165) is 52.8 Å². The van der Waals surface area contributed by atoms with Crippen molar-refractivity contribution in [1.82, 2.24) is 15.2 Å². The highest BCUT2D eigenvalue weighted by molar-refractivity contribution is 5.87. The van der Waals surface area contributed by atoms with E-state index in [0.29, 0.717) is 5.41 Å². The van der Waals surface area contributed by atoms with Crippen molar-refractivity contribution >= 4 is 10.8 Å². The molecule has 3 aromatic rings. The first-order valence-electron chi connectivity index (χ1n) is 9.83. The Morgan fingerprint density at radius 2 is 2.00 bits per heavy atom. The van der Waals surface area contributed by atoms with Gasteiger partial charge in [0.25, 0.3) is 5.56 Å². The molecule has 1 aliphatic carbocycles. The SMILES string of the molecule is Cc1cccc2c(=O)[nH]c(-c3ccc(CN4CC56CC5NCC46)cc3)cc12. The molecule has 1 spiro atoms. The number of pyridine rings is 1. The van der Waals surface area contributed by atoms with E-state index in [9.17, 15) is 4.79 Å². The van der Waals surface area contributed by atoms with Crippen molar-refractivity contribution in [3.8, 4) is 11.3 Å². The van der Waals surface area contributed by atoms with Crippen LogP contribution in [0.25, 0.3) is 22.0 Å². The minimum Gasteiger partial charge on any atom is -0.321 e. The maximum absolute atomic E-state index is 12.5. The highest BCUT2D eigenvalue weighted by Crippen LogP contribution is 2.61. The van der Waals surface area contributed by atoms with Gasteiger partial charge in [-0.1, -0.05) is 36.4 Å². The number of piperidine rings is 1. The normalized spacial score (nSPS) is 28.6. The highest BCUT2D eigenvalue weighted by Gasteiger charge is 2.70. The van der Waals surface area contributed by atoms with E-state index in [1.54, 1.807) is 0 Å². The average Bonchev–Trinajstić information content (AvgIpc) is 3.32. The number of hydrogen-bond acceptors (Lipinski definition) is 3. The lowest BCUT2D eigenvalue weighted by Crippen LogP contribution is -2.57. The van der Waals surface area contributed by atoms with Gasteiger partial charge in [0.1, 0.15) is 0 Å². The quantitative estimate of drug-likeness (QED) is 0.757. The Morgan fingerprint density at radius 1 is 1.15 bits per heavy atom. The van der Waals surface area contributed by atoms with Gasteiger partial charge in [0.15, 0.2) is 0 Å². The van der Waals surface area contributed by atoms with E-state index in [1.165, 1.54) is 18.5 Å². The second-order valence-electron chi connectivity index (χ2n) is 8.56. The van der Waals surface area contributed by atoms with E-state index < -0.39 is 0 Å². The lowest BCUT2D eigenvalue weighted by molar-refractivity contribution is 0.00909. The van der Waals surface area contributed by atoms with E-state index in [2.05, 4.69) is 58.5 Å². The average molecular weight is 357 g/mol. The molecular formula is C23H23N3O. The van der Waals surface area contributed by atoms with Crippen LogP contribution in [0.3, 0.4) is 0 Å². The first-order chi connectivity index (χ1) is 13.1. The smallest absolute Gasteiger partial charge is 0.256 e. The van der Waals surface area contributed by atoms with Crippen molar-refractivity contribution in [2.45, 2.75) is 32.0 Å². The number of aromatic nitrogens is 1. The van der Waals surface area contributed by atoms with Crippen LogP contribution in [-0.2, 0) is 6.54 Å². The molecule has 2 saturated heterocycles. The van der Waals surface area contributed by atoms with Crippen molar-refractivity contribution in [3.63, 3.8) is 0 Å². The molecule has 4 nitrogen and oxygen atoms in total. The number of nitrogens with zero attached hydrogens (tertiary/aromatic N) is 1. The minimum atomic E-state index is -0.0196. The Morgan fingerprint density at radius 3 is 2.78 bits per heavy atom. The summed E-state index contributed by atoms with van der Waals surface area (Å²) in [5, 5.41) is 5.42. The van der Waals surface area contributed by atoms with Crippen LogP contribution in [-0.4, -0.2) is 35.1 Å². The highest BCUT2D eigenvalue weighted by atomic mass is 16.1. The van der Waals surface area contributed by atoms with Crippen LogP contribution < -0.4 is 10.9 Å². The topological polar surface area (TPSA) is 48.1 Å². The fraction of sp³-hybridized carbons (Fsp3) is 0.348. The second kappa shape index (κ2) is 5.31. The molecule has 3 unspecified atom stereocenters. The number of nitrogens with one attached hydrogen (secondary N) is 2. The zero-order valence-electron chi connectivity index (χ0n) is 15.5. The molecule has 136 valence electrons. The summed E-state index contributed by atoms with van der Waals surface area (Å²) in [7, 11) is 0. The summed E-state index contributed by atoms with van der Waals surface area (Å²) in [6.45, 7) is 5.47. The number of benzene rings is 2. The second-order valence-corrected chi connectivity index (χ2v) is 8.56. The Labute approximate surface area is 158 Å². The number of fused-ring (bicyclic) bond motifs is 1. The van der Waals surface area contributed by atoms with Crippen molar-refractivity contribution in [3.05, 3.63) is 70.0 Å². The summed E-state index contributed by atoms with van der Waals surface area (Å²) < 4.78 is 0. The van der Waals surface area contributed by atoms with E-state index >= 15 is 0 Å². The van der Waals surface area contributed by atoms with Gasteiger partial charge in [-0.15, -0.1) is 0 Å². The molecule has 1 aromatic heterocycles. The molecule has 27 heavy (non-hydrogen) atoms. The monoisotopic (exact) mass is 357 g/mol. The largest absolute Gasteiger partial charge is 0.321 e. The summed E-state index contributed by atoms with van der Waals surface area (Å²) in [6.07, 6.45) is 1.38. The molecule has 6 rings (SSSR count). The van der Waals surface area contributed by atoms with Gasteiger partial charge < -0.3 is 10.3 Å². The van der Waals surface area contributed by atoms with Gasteiger partial charge in [-0.2, -0.15) is 0 Å². The summed E-state index contributed by atoms with van der Waals surface area (Å²) >= 11 is 0. The van der Waals surface area contributed by atoms with E-state index in [-0.39, 0.29) is 5.56 Å². The van der Waals surface area contributed by atoms with Gasteiger partial charge in [-0.3, -0.25) is 9.69 Å². The van der Waals surface area contributed by atoms with Crippen molar-refractivity contribution in [1.29, 1.82) is 0 Å². The fourth-order valence-electron chi connectivity index (χ4n) is 5.36. The molecule has 0 amide bonds. The lowest BCUT2D eigenvalue weighted by atomic mass is 9.86. The number of H-pyrrole nitrogens is 1. The Balaban J connectivity index is 1.27. The van der Waals surface area contributed by atoms with Crippen LogP contribution in [0.2, 0.25) is 0 Å². The summed E-state index contributed by atoms with van der Waals surface area (Å²) in [5.41, 5.74) is 5.03. The predicted molar refractivity (Wildman–Crippen MR) is 108 cm³/mol. The van der Waals surface area contributed by atoms with Crippen LogP contribution in [0, 0.1) is 12.3 Å². The van der Waals surface area contributed by atoms with Crippen LogP contribution >= 0.6 is 0 Å². The molecular weight excluding hydrogens is 334 g/mol. The number of rotatable bonds is 3. The van der Waals surface area contributed by atoms with Crippen LogP contribution in [0.15, 0.2) is 53.3 Å². The van der Waals surface area contributed by atoms with Gasteiger partial charge in [0.05, 0.1) is 0 Å². The molecule has 2 aliphatic heterocycles. The Bertz CT molecular complexity index is 1110. The van der Waals surface area contributed by atoms with E-state index in [4.69, 9.17) is 0 Å². The van der Waals surface area contributed by atoms with Gasteiger partial charge in [-0.25, -0.2) is 0 Å². The Kier molecular flexibility index (Phi) is 3.07. The molecule has 2 N–H and O–H groups in total. The zero-order chi connectivity index (χ0) is 18.2. The van der Waals surface area contributed by atoms with Crippen molar-refractivity contribution in [2.24, 2.45) is 5.41 Å². The van der Waals surface area contributed by atoms with Crippen molar-refractivity contribution < 1.29 is 0 Å². The summed E-state index contributed by atoms with van der Waals surface area (Å²) in [5.74, 6) is 0. The first kappa shape index (κ1) is 15.6. The third kappa shape index (κ3) is 2.20. The third-order valence-electron chi connectivity index (χ3n) is 7.03. The number of aromatic amines is 1. The standard InChI is InChI=1S/C23H23N3O/c1-14-3-2-4-17-18(14)9-19(25-22(17)27)16-7-5-15(6-8-16)12-26-13-23-10-20(23)24-11-21(23)26/h2-9,20-21,24H,10-13H2,1H3,(H,25,27). The summed E-state index contributed by atoms with van der Waals surface area (Å²) in [4.78, 5) is 18.1. The third-order valence-corrected chi connectivity index (χ3v) is 7.03. The molecule has 1 saturated carbocycles. The van der Waals surface area contributed by atoms with Crippen LogP contribution in [0.4, 0.5) is 0 Å². The number of aryl methyl sites for hydroxylation is 1. The maximum atomic E-state index is 12.5. The van der Waals surface area contributed by atoms with Gasteiger partial charge >= 0.3 is 0 Å². The van der Waals surface area contributed by atoms with E-state index in [1.807, 2.05) is 12.1 Å². The minimum absolute atomic E-state index is 0.0196.